The molecule has 1 aliphatic rings. The van der Waals surface area contributed by atoms with E-state index in [2.05, 4.69) is 31.5 Å². The van der Waals surface area contributed by atoms with Gasteiger partial charge in [-0.3, -0.25) is 4.79 Å². The second kappa shape index (κ2) is 5.23. The molecule has 2 rings (SSSR count). The molecule has 4 nitrogen and oxygen atoms in total. The minimum atomic E-state index is -0.319. The predicted molar refractivity (Wildman–Crippen MR) is 71.2 cm³/mol. The Balaban J connectivity index is 1.96. The number of amides is 1. The minimum absolute atomic E-state index is 0.00356. The van der Waals surface area contributed by atoms with Gasteiger partial charge in [0, 0.05) is 12.2 Å². The average molecular weight is 319 g/mol. The SMILES string of the molecule is CC(Nc1ncc(Cl)cc1Br)C(=O)NC1CC1. The van der Waals surface area contributed by atoms with E-state index < -0.39 is 0 Å². The molecule has 1 aromatic heterocycles. The van der Waals surface area contributed by atoms with E-state index in [1.807, 2.05) is 0 Å². The first-order valence-electron chi connectivity index (χ1n) is 5.44. The molecule has 1 aromatic rings. The molecule has 1 amide bonds. The summed E-state index contributed by atoms with van der Waals surface area (Å²) in [5, 5.41) is 6.53. The minimum Gasteiger partial charge on any atom is -0.358 e. The zero-order chi connectivity index (χ0) is 12.4. The molecular formula is C11H13BrClN3O. The summed E-state index contributed by atoms with van der Waals surface area (Å²) < 4.78 is 0.746. The molecule has 1 unspecified atom stereocenters. The van der Waals surface area contributed by atoms with Gasteiger partial charge in [0.25, 0.3) is 0 Å². The highest BCUT2D eigenvalue weighted by atomic mass is 79.9. The maximum atomic E-state index is 11.7. The summed E-state index contributed by atoms with van der Waals surface area (Å²) in [4.78, 5) is 15.9. The summed E-state index contributed by atoms with van der Waals surface area (Å²) in [5.74, 6) is 0.615. The first-order chi connectivity index (χ1) is 8.06. The second-order valence-corrected chi connectivity index (χ2v) is 5.42. The van der Waals surface area contributed by atoms with E-state index in [0.717, 1.165) is 17.3 Å². The van der Waals surface area contributed by atoms with Crippen LogP contribution in [0.2, 0.25) is 5.02 Å². The molecule has 1 atom stereocenters. The molecule has 1 fully saturated rings. The van der Waals surface area contributed by atoms with Gasteiger partial charge in [0.15, 0.2) is 0 Å². The standard InChI is InChI=1S/C11H13BrClN3O/c1-6(11(17)16-8-2-3-8)15-10-9(12)4-7(13)5-14-10/h4-6,8H,2-3H2,1H3,(H,14,15)(H,16,17). The Morgan fingerprint density at radius 3 is 2.94 bits per heavy atom. The summed E-state index contributed by atoms with van der Waals surface area (Å²) in [6.45, 7) is 1.81. The van der Waals surface area contributed by atoms with Gasteiger partial charge in [-0.05, 0) is 41.8 Å². The largest absolute Gasteiger partial charge is 0.358 e. The normalized spacial score (nSPS) is 16.4. The van der Waals surface area contributed by atoms with Crippen LogP contribution in [0.15, 0.2) is 16.7 Å². The molecule has 2 N–H and O–H groups in total. The van der Waals surface area contributed by atoms with Crippen LogP contribution in [0, 0.1) is 0 Å². The molecule has 0 saturated heterocycles. The molecule has 92 valence electrons. The van der Waals surface area contributed by atoms with E-state index in [0.29, 0.717) is 16.9 Å². The maximum absolute atomic E-state index is 11.7. The number of nitrogens with one attached hydrogen (secondary N) is 2. The third-order valence-electron chi connectivity index (χ3n) is 2.48. The molecule has 1 saturated carbocycles. The highest BCUT2D eigenvalue weighted by molar-refractivity contribution is 9.10. The van der Waals surface area contributed by atoms with Gasteiger partial charge in [0.1, 0.15) is 11.9 Å². The third kappa shape index (κ3) is 3.57. The summed E-state index contributed by atoms with van der Waals surface area (Å²) in [6.07, 6.45) is 3.71. The van der Waals surface area contributed by atoms with E-state index in [9.17, 15) is 4.79 Å². The number of hydrogen-bond donors (Lipinski definition) is 2. The first kappa shape index (κ1) is 12.6. The molecule has 6 heteroatoms. The van der Waals surface area contributed by atoms with Crippen LogP contribution in [0.25, 0.3) is 0 Å². The van der Waals surface area contributed by atoms with Gasteiger partial charge >= 0.3 is 0 Å². The Morgan fingerprint density at radius 2 is 2.35 bits per heavy atom. The second-order valence-electron chi connectivity index (χ2n) is 4.13. The van der Waals surface area contributed by atoms with E-state index in [-0.39, 0.29) is 11.9 Å². The number of hydrogen-bond acceptors (Lipinski definition) is 3. The van der Waals surface area contributed by atoms with Crippen molar-refractivity contribution in [3.05, 3.63) is 21.8 Å². The molecule has 1 heterocycles. The Morgan fingerprint density at radius 1 is 1.65 bits per heavy atom. The number of pyridine rings is 1. The van der Waals surface area contributed by atoms with Crippen LogP contribution < -0.4 is 10.6 Å². The number of halogens is 2. The lowest BCUT2D eigenvalue weighted by Gasteiger charge is -2.15. The van der Waals surface area contributed by atoms with Crippen molar-refractivity contribution in [3.8, 4) is 0 Å². The molecule has 0 radical (unpaired) electrons. The molecular weight excluding hydrogens is 305 g/mol. The van der Waals surface area contributed by atoms with Gasteiger partial charge in [-0.1, -0.05) is 11.6 Å². The smallest absolute Gasteiger partial charge is 0.242 e. The molecule has 1 aliphatic carbocycles. The van der Waals surface area contributed by atoms with Crippen molar-refractivity contribution < 1.29 is 4.79 Å². The highest BCUT2D eigenvalue weighted by Crippen LogP contribution is 2.24. The topological polar surface area (TPSA) is 54.0 Å². The number of carbonyl (C=O) groups is 1. The summed E-state index contributed by atoms with van der Waals surface area (Å²) in [7, 11) is 0. The number of rotatable bonds is 4. The zero-order valence-corrected chi connectivity index (χ0v) is 11.7. The number of anilines is 1. The van der Waals surface area contributed by atoms with Crippen LogP contribution in [-0.4, -0.2) is 23.0 Å². The van der Waals surface area contributed by atoms with Crippen molar-refractivity contribution in [2.75, 3.05) is 5.32 Å². The van der Waals surface area contributed by atoms with Gasteiger partial charge in [-0.15, -0.1) is 0 Å². The predicted octanol–water partition coefficient (Wildman–Crippen LogP) is 2.58. The lowest BCUT2D eigenvalue weighted by atomic mass is 10.3. The van der Waals surface area contributed by atoms with Crippen LogP contribution in [0.1, 0.15) is 19.8 Å². The van der Waals surface area contributed by atoms with Gasteiger partial charge in [0.05, 0.1) is 9.50 Å². The van der Waals surface area contributed by atoms with Crippen LogP contribution in [0.3, 0.4) is 0 Å². The fourth-order valence-corrected chi connectivity index (χ4v) is 2.10. The van der Waals surface area contributed by atoms with Crippen molar-refractivity contribution >= 4 is 39.3 Å². The third-order valence-corrected chi connectivity index (χ3v) is 3.29. The molecule has 0 bridgehead atoms. The average Bonchev–Trinajstić information content (AvgIpc) is 3.06. The Bertz CT molecular complexity index is 437. The molecule has 0 aliphatic heterocycles. The zero-order valence-electron chi connectivity index (χ0n) is 9.34. The van der Waals surface area contributed by atoms with Gasteiger partial charge in [0.2, 0.25) is 5.91 Å². The van der Waals surface area contributed by atoms with Crippen molar-refractivity contribution in [3.63, 3.8) is 0 Å². The number of nitrogens with zero attached hydrogens (tertiary/aromatic N) is 1. The van der Waals surface area contributed by atoms with Crippen LogP contribution in [0.4, 0.5) is 5.82 Å². The summed E-state index contributed by atoms with van der Waals surface area (Å²) in [5.41, 5.74) is 0. The van der Waals surface area contributed by atoms with Gasteiger partial charge in [-0.25, -0.2) is 4.98 Å². The van der Waals surface area contributed by atoms with Crippen molar-refractivity contribution in [1.29, 1.82) is 0 Å². The maximum Gasteiger partial charge on any atom is 0.242 e. The Hall–Kier alpha value is -0.810. The number of carbonyl (C=O) groups excluding carboxylic acids is 1. The Kier molecular flexibility index (Phi) is 3.89. The van der Waals surface area contributed by atoms with Gasteiger partial charge in [-0.2, -0.15) is 0 Å². The van der Waals surface area contributed by atoms with Crippen molar-refractivity contribution in [1.82, 2.24) is 10.3 Å². The monoisotopic (exact) mass is 317 g/mol. The van der Waals surface area contributed by atoms with E-state index in [1.165, 1.54) is 0 Å². The lowest BCUT2D eigenvalue weighted by molar-refractivity contribution is -0.121. The molecule has 0 aromatic carbocycles. The van der Waals surface area contributed by atoms with Crippen LogP contribution in [-0.2, 0) is 4.79 Å². The Labute approximate surface area is 113 Å². The van der Waals surface area contributed by atoms with E-state index >= 15 is 0 Å². The molecule has 17 heavy (non-hydrogen) atoms. The van der Waals surface area contributed by atoms with Crippen molar-refractivity contribution in [2.45, 2.75) is 31.8 Å². The van der Waals surface area contributed by atoms with Crippen molar-refractivity contribution in [2.24, 2.45) is 0 Å². The van der Waals surface area contributed by atoms with Crippen LogP contribution in [0.5, 0.6) is 0 Å². The number of aromatic nitrogens is 1. The van der Waals surface area contributed by atoms with Gasteiger partial charge < -0.3 is 10.6 Å². The van der Waals surface area contributed by atoms with Crippen LogP contribution >= 0.6 is 27.5 Å². The van der Waals surface area contributed by atoms with E-state index in [1.54, 1.807) is 19.2 Å². The molecule has 0 spiro atoms. The fourth-order valence-electron chi connectivity index (χ4n) is 1.35. The quantitative estimate of drug-likeness (QED) is 0.897. The first-order valence-corrected chi connectivity index (χ1v) is 6.61. The summed E-state index contributed by atoms with van der Waals surface area (Å²) >= 11 is 9.14. The lowest BCUT2D eigenvalue weighted by Crippen LogP contribution is -2.38. The fraction of sp³-hybridized carbons (Fsp3) is 0.455. The van der Waals surface area contributed by atoms with E-state index in [4.69, 9.17) is 11.6 Å². The summed E-state index contributed by atoms with van der Waals surface area (Å²) in [6, 6.07) is 1.79. The highest BCUT2D eigenvalue weighted by Gasteiger charge is 2.25.